The number of benzene rings is 3. The number of nitrogens with zero attached hydrogens (tertiary/aromatic N) is 2. The Morgan fingerprint density at radius 2 is 1.55 bits per heavy atom. The zero-order valence-electron chi connectivity index (χ0n) is 31.8. The quantitative estimate of drug-likeness (QED) is 0.0941. The molecule has 0 unspecified atom stereocenters. The van der Waals surface area contributed by atoms with E-state index >= 15 is 0 Å². The van der Waals surface area contributed by atoms with Crippen LogP contribution >= 0.6 is 23.2 Å². The van der Waals surface area contributed by atoms with Gasteiger partial charge < -0.3 is 14.2 Å². The first kappa shape index (κ1) is 39.4. The molecule has 1 heterocycles. The summed E-state index contributed by atoms with van der Waals surface area (Å²) in [4.78, 5) is 4.21. The molecule has 1 aromatic heterocycles. The highest BCUT2D eigenvalue weighted by atomic mass is 35.5. The zero-order valence-corrected chi connectivity index (χ0v) is 33.4. The third-order valence-electron chi connectivity index (χ3n) is 12.0. The molecule has 0 bridgehead atoms. The van der Waals surface area contributed by atoms with Crippen molar-refractivity contribution in [3.05, 3.63) is 105 Å². The van der Waals surface area contributed by atoms with E-state index in [-0.39, 0.29) is 6.10 Å². The third-order valence-corrected chi connectivity index (χ3v) is 12.7. The van der Waals surface area contributed by atoms with Crippen molar-refractivity contribution in [3.63, 3.8) is 0 Å². The van der Waals surface area contributed by atoms with E-state index in [1.165, 1.54) is 44.1 Å². The maximum absolute atomic E-state index is 13.5. The van der Waals surface area contributed by atoms with Crippen LogP contribution in [-0.4, -0.2) is 17.8 Å². The molecule has 3 aliphatic carbocycles. The van der Waals surface area contributed by atoms with Crippen LogP contribution < -0.4 is 14.2 Å². The molecular weight excluding hydrogens is 730 g/mol. The first-order chi connectivity index (χ1) is 26.9. The van der Waals surface area contributed by atoms with Gasteiger partial charge in [-0.2, -0.15) is 5.26 Å². The van der Waals surface area contributed by atoms with Crippen LogP contribution in [0.15, 0.2) is 67.0 Å². The molecule has 0 aliphatic heterocycles. The first-order valence-electron chi connectivity index (χ1n) is 20.6. The lowest BCUT2D eigenvalue weighted by Gasteiger charge is -2.25. The van der Waals surface area contributed by atoms with Crippen LogP contribution in [-0.2, 0) is 19.4 Å². The van der Waals surface area contributed by atoms with Crippen molar-refractivity contribution in [1.29, 1.82) is 5.26 Å². The highest BCUT2D eigenvalue weighted by Gasteiger charge is 2.29. The van der Waals surface area contributed by atoms with Gasteiger partial charge in [0, 0.05) is 29.6 Å². The van der Waals surface area contributed by atoms with Crippen molar-refractivity contribution >= 4 is 23.2 Å². The molecule has 3 aliphatic rings. The van der Waals surface area contributed by atoms with Crippen molar-refractivity contribution in [2.75, 3.05) is 6.61 Å². The van der Waals surface area contributed by atoms with Gasteiger partial charge in [-0.3, -0.25) is 4.98 Å². The van der Waals surface area contributed by atoms with E-state index in [2.05, 4.69) is 35.3 Å². The minimum absolute atomic E-state index is 0.171. The van der Waals surface area contributed by atoms with Gasteiger partial charge in [0.2, 0.25) is 0 Å². The summed E-state index contributed by atoms with van der Waals surface area (Å²) in [5.74, 6) is 3.64. The number of unbranched alkanes of at least 4 members (excludes halogenated alkanes) is 3. The second-order valence-corrected chi connectivity index (χ2v) is 16.7. The molecule has 3 aromatic carbocycles. The molecule has 0 spiro atoms. The Morgan fingerprint density at radius 1 is 0.764 bits per heavy atom. The lowest BCUT2D eigenvalue weighted by Crippen LogP contribution is -2.14. The number of ether oxygens (including phenoxy) is 3. The van der Waals surface area contributed by atoms with E-state index in [0.29, 0.717) is 46.2 Å². The minimum Gasteiger partial charge on any atom is -0.492 e. The van der Waals surface area contributed by atoms with Crippen molar-refractivity contribution in [2.24, 2.45) is 11.8 Å². The molecule has 4 aromatic rings. The van der Waals surface area contributed by atoms with E-state index in [0.717, 1.165) is 110 Å². The van der Waals surface area contributed by atoms with Crippen molar-refractivity contribution in [2.45, 2.75) is 128 Å². The van der Waals surface area contributed by atoms with Gasteiger partial charge >= 0.3 is 0 Å². The summed E-state index contributed by atoms with van der Waals surface area (Å²) in [5.41, 5.74) is 6.84. The number of rotatable bonds is 18. The van der Waals surface area contributed by atoms with Crippen LogP contribution in [0.2, 0.25) is 10.0 Å². The number of hydrogen-bond acceptors (Lipinski definition) is 5. The number of nitriles is 1. The largest absolute Gasteiger partial charge is 0.492 e. The Morgan fingerprint density at radius 3 is 2.35 bits per heavy atom. The fraction of sp³-hybridized carbons (Fsp3) is 0.489. The van der Waals surface area contributed by atoms with Gasteiger partial charge in [0.05, 0.1) is 22.2 Å². The summed E-state index contributed by atoms with van der Waals surface area (Å²) in [6.07, 6.45) is 20.7. The van der Waals surface area contributed by atoms with E-state index < -0.39 is 6.17 Å². The number of pyridine rings is 1. The highest BCUT2D eigenvalue weighted by molar-refractivity contribution is 6.35. The van der Waals surface area contributed by atoms with Crippen molar-refractivity contribution in [3.8, 4) is 34.4 Å². The Balaban J connectivity index is 1.01. The SMILES string of the molecule is N#Cc1cncc(COc2cc(O[C@H]3CCc4c(-c5cccc(OCCCCCC6CCC(F)CC6)c5Cl)cccc43)c(Cl)cc2CCCCC2CCC2)c1. The molecule has 55 heavy (non-hydrogen) atoms. The molecular formula is C47H53Cl2FN2O3. The number of fused-ring (bicyclic) bond motifs is 1. The molecule has 7 rings (SSSR count). The molecule has 1 atom stereocenters. The Kier molecular flexibility index (Phi) is 13.9. The maximum atomic E-state index is 13.5. The van der Waals surface area contributed by atoms with Crippen molar-refractivity contribution < 1.29 is 18.6 Å². The fourth-order valence-electron chi connectivity index (χ4n) is 8.59. The molecule has 290 valence electrons. The fourth-order valence-corrected chi connectivity index (χ4v) is 9.11. The number of halogens is 3. The minimum atomic E-state index is -0.584. The predicted molar refractivity (Wildman–Crippen MR) is 219 cm³/mol. The molecule has 5 nitrogen and oxygen atoms in total. The normalized spacial score (nSPS) is 19.3. The molecule has 0 radical (unpaired) electrons. The van der Waals surface area contributed by atoms with Crippen LogP contribution in [0.5, 0.6) is 17.2 Å². The van der Waals surface area contributed by atoms with E-state index in [1.807, 2.05) is 30.3 Å². The second-order valence-electron chi connectivity index (χ2n) is 15.9. The summed E-state index contributed by atoms with van der Waals surface area (Å²) in [7, 11) is 0. The molecule has 0 saturated heterocycles. The molecule has 2 fully saturated rings. The topological polar surface area (TPSA) is 64.4 Å². The number of aromatic nitrogens is 1. The average Bonchev–Trinajstić information content (AvgIpc) is 3.60. The van der Waals surface area contributed by atoms with E-state index in [9.17, 15) is 9.65 Å². The molecule has 0 amide bonds. The van der Waals surface area contributed by atoms with Crippen LogP contribution in [0.3, 0.4) is 0 Å². The first-order valence-corrected chi connectivity index (χ1v) is 21.3. The number of hydrogen-bond donors (Lipinski definition) is 0. The van der Waals surface area contributed by atoms with Gasteiger partial charge in [-0.1, -0.05) is 105 Å². The van der Waals surface area contributed by atoms with Crippen molar-refractivity contribution in [1.82, 2.24) is 4.98 Å². The number of alkyl halides is 1. The third kappa shape index (κ3) is 10.3. The predicted octanol–water partition coefficient (Wildman–Crippen LogP) is 13.6. The molecule has 2 saturated carbocycles. The summed E-state index contributed by atoms with van der Waals surface area (Å²) in [6, 6.07) is 20.3. The Labute approximate surface area is 336 Å². The molecule has 8 heteroatoms. The summed E-state index contributed by atoms with van der Waals surface area (Å²) >= 11 is 14.0. The van der Waals surface area contributed by atoms with Gasteiger partial charge in [-0.15, -0.1) is 0 Å². The summed E-state index contributed by atoms with van der Waals surface area (Å²) in [6.45, 7) is 0.916. The maximum Gasteiger partial charge on any atom is 0.142 e. The summed E-state index contributed by atoms with van der Waals surface area (Å²) < 4.78 is 32.8. The smallest absolute Gasteiger partial charge is 0.142 e. The van der Waals surface area contributed by atoms with Gasteiger partial charge in [0.1, 0.15) is 42.2 Å². The lowest BCUT2D eigenvalue weighted by atomic mass is 9.81. The Bertz CT molecular complexity index is 1930. The van der Waals surface area contributed by atoms with Gasteiger partial charge in [0.15, 0.2) is 0 Å². The average molecular weight is 784 g/mol. The zero-order chi connectivity index (χ0) is 38.0. The van der Waals surface area contributed by atoms with E-state index in [1.54, 1.807) is 12.4 Å². The van der Waals surface area contributed by atoms with Crippen LogP contribution in [0.25, 0.3) is 11.1 Å². The van der Waals surface area contributed by atoms with Crippen LogP contribution in [0.4, 0.5) is 4.39 Å². The molecule has 0 N–H and O–H groups in total. The highest BCUT2D eigenvalue weighted by Crippen LogP contribution is 2.45. The van der Waals surface area contributed by atoms with Gasteiger partial charge in [0.25, 0.3) is 0 Å². The van der Waals surface area contributed by atoms with Crippen LogP contribution in [0, 0.1) is 23.2 Å². The monoisotopic (exact) mass is 782 g/mol. The van der Waals surface area contributed by atoms with E-state index in [4.69, 9.17) is 37.4 Å². The standard InChI is InChI=1S/C47H53Cl2FN2O3/c48-42-26-36(13-4-3-10-32-11-6-12-32)45(54-31-35-25-34(28-51)29-52-30-35)27-46(42)55-43-23-22-39-38(14-7-15-40(39)43)41-16-8-17-44(47(41)49)53-24-5-1-2-9-33-18-20-37(50)21-19-33/h7-8,14-17,25-27,29-30,32-33,37,43H,1-6,9-13,18-24,31H2/t33?,37?,43-/m0/s1. The van der Waals surface area contributed by atoms with Gasteiger partial charge in [-0.05, 0) is 110 Å². The Hall–Kier alpha value is -3.79. The lowest BCUT2D eigenvalue weighted by molar-refractivity contribution is 0.198. The van der Waals surface area contributed by atoms with Gasteiger partial charge in [-0.25, -0.2) is 4.39 Å². The number of aryl methyl sites for hydroxylation is 1. The second kappa shape index (κ2) is 19.4. The van der Waals surface area contributed by atoms with Crippen LogP contribution in [0.1, 0.15) is 130 Å². The summed E-state index contributed by atoms with van der Waals surface area (Å²) in [5, 5.41) is 10.6.